The van der Waals surface area contributed by atoms with Gasteiger partial charge >= 0.3 is 6.61 Å². The number of halogens is 2. The number of hydrogen-bond acceptors (Lipinski definition) is 8. The SMILES string of the molecule is Nc1ncc(-c2cc(N3CC4CC3CO4)nc(N3CCC4(CC4)C3)n2)cc1OC(F)F. The Morgan fingerprint density at radius 2 is 2.10 bits per heavy atom. The summed E-state index contributed by atoms with van der Waals surface area (Å²) < 4.78 is 35.8. The molecule has 0 aromatic carbocycles. The highest BCUT2D eigenvalue weighted by molar-refractivity contribution is 5.68. The van der Waals surface area contributed by atoms with Crippen LogP contribution in [0.15, 0.2) is 18.3 Å². The zero-order valence-corrected chi connectivity index (χ0v) is 17.0. The van der Waals surface area contributed by atoms with E-state index in [2.05, 4.69) is 19.5 Å². The third kappa shape index (κ3) is 3.42. The Kier molecular flexibility index (Phi) is 4.21. The van der Waals surface area contributed by atoms with Crippen molar-refractivity contribution in [1.29, 1.82) is 0 Å². The van der Waals surface area contributed by atoms with Crippen molar-refractivity contribution in [3.63, 3.8) is 0 Å². The Balaban J connectivity index is 1.39. The van der Waals surface area contributed by atoms with Gasteiger partial charge in [-0.1, -0.05) is 0 Å². The number of hydrogen-bond donors (Lipinski definition) is 1. The van der Waals surface area contributed by atoms with E-state index in [0.29, 0.717) is 35.3 Å². The fourth-order valence-electron chi connectivity index (χ4n) is 5.01. The van der Waals surface area contributed by atoms with E-state index in [-0.39, 0.29) is 17.7 Å². The minimum Gasteiger partial charge on any atom is -0.431 e. The van der Waals surface area contributed by atoms with E-state index in [1.165, 1.54) is 25.1 Å². The van der Waals surface area contributed by atoms with Gasteiger partial charge in [-0.05, 0) is 37.2 Å². The van der Waals surface area contributed by atoms with Gasteiger partial charge in [-0.15, -0.1) is 0 Å². The van der Waals surface area contributed by atoms with Crippen LogP contribution in [-0.4, -0.2) is 60.0 Å². The van der Waals surface area contributed by atoms with Crippen LogP contribution in [0.3, 0.4) is 0 Å². The van der Waals surface area contributed by atoms with E-state index in [1.807, 2.05) is 6.07 Å². The van der Waals surface area contributed by atoms with Crippen molar-refractivity contribution in [1.82, 2.24) is 15.0 Å². The molecule has 2 N–H and O–H groups in total. The number of nitrogens with zero attached hydrogens (tertiary/aromatic N) is 5. The molecule has 2 bridgehead atoms. The first-order valence-electron chi connectivity index (χ1n) is 10.7. The zero-order valence-electron chi connectivity index (χ0n) is 17.0. The number of rotatable bonds is 5. The Labute approximate surface area is 178 Å². The van der Waals surface area contributed by atoms with Gasteiger partial charge in [0.15, 0.2) is 11.6 Å². The maximum absolute atomic E-state index is 12.8. The van der Waals surface area contributed by atoms with Crippen molar-refractivity contribution in [2.75, 3.05) is 41.8 Å². The largest absolute Gasteiger partial charge is 0.431 e. The number of anilines is 3. The topological polar surface area (TPSA) is 89.6 Å². The van der Waals surface area contributed by atoms with Crippen LogP contribution < -0.4 is 20.3 Å². The summed E-state index contributed by atoms with van der Waals surface area (Å²) in [4.78, 5) is 18.3. The molecule has 3 saturated heterocycles. The Bertz CT molecular complexity index is 1020. The zero-order chi connectivity index (χ0) is 21.2. The molecular weight excluding hydrogens is 406 g/mol. The quantitative estimate of drug-likeness (QED) is 0.775. The third-order valence-electron chi connectivity index (χ3n) is 6.97. The van der Waals surface area contributed by atoms with Crippen molar-refractivity contribution in [2.45, 2.75) is 44.4 Å². The van der Waals surface area contributed by atoms with E-state index >= 15 is 0 Å². The van der Waals surface area contributed by atoms with Gasteiger partial charge in [-0.3, -0.25) is 0 Å². The molecule has 4 fully saturated rings. The second kappa shape index (κ2) is 6.88. The van der Waals surface area contributed by atoms with Crippen molar-refractivity contribution >= 4 is 17.6 Å². The molecule has 5 heterocycles. The molecule has 2 unspecified atom stereocenters. The monoisotopic (exact) mass is 430 g/mol. The normalized spacial score (nSPS) is 25.8. The highest BCUT2D eigenvalue weighted by atomic mass is 19.3. The second-order valence-electron chi connectivity index (χ2n) is 9.07. The average Bonchev–Trinajstić information content (AvgIpc) is 3.10. The summed E-state index contributed by atoms with van der Waals surface area (Å²) in [7, 11) is 0. The van der Waals surface area contributed by atoms with Crippen molar-refractivity contribution < 1.29 is 18.3 Å². The fourth-order valence-corrected chi connectivity index (χ4v) is 5.01. The molecule has 164 valence electrons. The maximum atomic E-state index is 12.8. The van der Waals surface area contributed by atoms with Crippen molar-refractivity contribution in [3.05, 3.63) is 18.3 Å². The van der Waals surface area contributed by atoms with Crippen LogP contribution in [-0.2, 0) is 4.74 Å². The summed E-state index contributed by atoms with van der Waals surface area (Å²) in [6, 6.07) is 3.67. The lowest BCUT2D eigenvalue weighted by atomic mass is 10.1. The second-order valence-corrected chi connectivity index (χ2v) is 9.07. The van der Waals surface area contributed by atoms with Crippen LogP contribution in [0.5, 0.6) is 5.75 Å². The van der Waals surface area contributed by atoms with Gasteiger partial charge in [0.1, 0.15) is 5.82 Å². The number of morpholine rings is 1. The molecule has 3 aliphatic heterocycles. The number of pyridine rings is 1. The molecule has 2 aromatic rings. The highest BCUT2D eigenvalue weighted by Crippen LogP contribution is 2.53. The molecule has 0 radical (unpaired) electrons. The van der Waals surface area contributed by atoms with E-state index in [4.69, 9.17) is 20.4 Å². The smallest absolute Gasteiger partial charge is 0.387 e. The van der Waals surface area contributed by atoms with Crippen LogP contribution in [0, 0.1) is 5.41 Å². The lowest BCUT2D eigenvalue weighted by Crippen LogP contribution is -2.38. The Morgan fingerprint density at radius 1 is 1.23 bits per heavy atom. The number of nitrogen functional groups attached to an aromatic ring is 1. The van der Waals surface area contributed by atoms with Gasteiger partial charge in [0.2, 0.25) is 5.95 Å². The molecule has 4 aliphatic rings. The van der Waals surface area contributed by atoms with Crippen molar-refractivity contribution in [3.8, 4) is 17.0 Å². The lowest BCUT2D eigenvalue weighted by molar-refractivity contribution is -0.0494. The van der Waals surface area contributed by atoms with E-state index in [0.717, 1.165) is 38.3 Å². The van der Waals surface area contributed by atoms with E-state index < -0.39 is 6.61 Å². The molecule has 2 atom stereocenters. The van der Waals surface area contributed by atoms with Gasteiger partial charge < -0.3 is 25.0 Å². The van der Waals surface area contributed by atoms with Crippen LogP contribution in [0.2, 0.25) is 0 Å². The number of aromatic nitrogens is 3. The molecule has 8 nitrogen and oxygen atoms in total. The van der Waals surface area contributed by atoms with Gasteiger partial charge in [0, 0.05) is 37.5 Å². The maximum Gasteiger partial charge on any atom is 0.387 e. The highest BCUT2D eigenvalue weighted by Gasteiger charge is 2.48. The van der Waals surface area contributed by atoms with Crippen molar-refractivity contribution in [2.24, 2.45) is 5.41 Å². The number of ether oxygens (including phenoxy) is 2. The molecule has 0 amide bonds. The first-order chi connectivity index (χ1) is 15.0. The molecule has 1 aliphatic carbocycles. The lowest BCUT2D eigenvalue weighted by Gasteiger charge is -2.29. The minimum atomic E-state index is -2.98. The molecule has 10 heteroatoms. The van der Waals surface area contributed by atoms with Crippen LogP contribution in [0.1, 0.15) is 25.7 Å². The number of alkyl halides is 2. The summed E-state index contributed by atoms with van der Waals surface area (Å²) in [5, 5.41) is 0. The summed E-state index contributed by atoms with van der Waals surface area (Å²) >= 11 is 0. The standard InChI is InChI=1S/C21H24F2N6O2/c22-19(23)31-16-5-12(8-25-18(16)24)15-7-17(29-9-14-6-13(29)10-30-14)27-20(26-15)28-4-3-21(11-28)1-2-21/h5,7-8,13-14,19H,1-4,6,9-11H2,(H2,24,25). The minimum absolute atomic E-state index is 0.0808. The van der Waals surface area contributed by atoms with E-state index in [1.54, 1.807) is 0 Å². The molecule has 6 rings (SSSR count). The van der Waals surface area contributed by atoms with Crippen LogP contribution in [0.25, 0.3) is 11.3 Å². The first-order valence-corrected chi connectivity index (χ1v) is 10.7. The van der Waals surface area contributed by atoms with Gasteiger partial charge in [-0.25, -0.2) is 9.97 Å². The van der Waals surface area contributed by atoms with Crippen LogP contribution >= 0.6 is 0 Å². The van der Waals surface area contributed by atoms with E-state index in [9.17, 15) is 8.78 Å². The predicted octanol–water partition coefficient (Wildman–Crippen LogP) is 2.69. The first kappa shape index (κ1) is 19.0. The Hall–Kier alpha value is -2.75. The number of fused-ring (bicyclic) bond motifs is 2. The Morgan fingerprint density at radius 3 is 2.77 bits per heavy atom. The predicted molar refractivity (Wildman–Crippen MR) is 110 cm³/mol. The number of nitrogens with two attached hydrogens (primary N) is 1. The summed E-state index contributed by atoms with van der Waals surface area (Å²) in [5.41, 5.74) is 7.33. The fraction of sp³-hybridized carbons (Fsp3) is 0.571. The van der Waals surface area contributed by atoms with Gasteiger partial charge in [0.25, 0.3) is 0 Å². The molecule has 2 aromatic heterocycles. The van der Waals surface area contributed by atoms with Gasteiger partial charge in [0.05, 0.1) is 24.4 Å². The third-order valence-corrected chi connectivity index (χ3v) is 6.97. The molecule has 1 spiro atoms. The van der Waals surface area contributed by atoms with Gasteiger partial charge in [-0.2, -0.15) is 13.8 Å². The molecule has 31 heavy (non-hydrogen) atoms. The molecular formula is C21H24F2N6O2. The van der Waals surface area contributed by atoms with Crippen LogP contribution in [0.4, 0.5) is 26.4 Å². The summed E-state index contributed by atoms with van der Waals surface area (Å²) in [6.45, 7) is 0.407. The average molecular weight is 430 g/mol. The summed E-state index contributed by atoms with van der Waals surface area (Å²) in [5.74, 6) is 1.28. The molecule has 1 saturated carbocycles. The summed E-state index contributed by atoms with van der Waals surface area (Å²) in [6.07, 6.45) is 6.46.